The van der Waals surface area contributed by atoms with Crippen LogP contribution in [-0.2, 0) is 6.54 Å². The molecule has 0 unspecified atom stereocenters. The molecule has 1 aliphatic heterocycles. The summed E-state index contributed by atoms with van der Waals surface area (Å²) in [5.74, 6) is 0.777. The molecule has 1 saturated heterocycles. The number of para-hydroxylation sites is 1. The minimum Gasteiger partial charge on any atom is -0.354 e. The van der Waals surface area contributed by atoms with Crippen LogP contribution in [0.3, 0.4) is 0 Å². The molecular formula is C26H24FN3. The van der Waals surface area contributed by atoms with Crippen LogP contribution < -0.4 is 4.90 Å². The van der Waals surface area contributed by atoms with E-state index in [1.54, 1.807) is 0 Å². The smallest absolute Gasteiger partial charge is 0.129 e. The number of nitrogens with zero attached hydrogens (tertiary/aromatic N) is 3. The lowest BCUT2D eigenvalue weighted by Gasteiger charge is -2.35. The average Bonchev–Trinajstić information content (AvgIpc) is 2.80. The Morgan fingerprint density at radius 2 is 1.47 bits per heavy atom. The van der Waals surface area contributed by atoms with E-state index in [1.807, 2.05) is 24.3 Å². The van der Waals surface area contributed by atoms with Crippen molar-refractivity contribution in [1.29, 1.82) is 0 Å². The van der Waals surface area contributed by atoms with Crippen molar-refractivity contribution in [2.45, 2.75) is 6.54 Å². The van der Waals surface area contributed by atoms with Gasteiger partial charge in [0.15, 0.2) is 0 Å². The van der Waals surface area contributed by atoms with Gasteiger partial charge < -0.3 is 4.90 Å². The van der Waals surface area contributed by atoms with Gasteiger partial charge in [-0.1, -0.05) is 60.7 Å². The Morgan fingerprint density at radius 3 is 2.23 bits per heavy atom. The maximum atomic E-state index is 13.5. The molecule has 1 aromatic heterocycles. The molecule has 3 aromatic carbocycles. The molecule has 4 heteroatoms. The Kier molecular flexibility index (Phi) is 5.16. The molecule has 0 spiro atoms. The fourth-order valence-electron chi connectivity index (χ4n) is 4.17. The minimum atomic E-state index is -0.216. The first kappa shape index (κ1) is 18.8. The number of piperazine rings is 1. The maximum Gasteiger partial charge on any atom is 0.129 e. The van der Waals surface area contributed by atoms with Gasteiger partial charge in [0.05, 0.1) is 5.52 Å². The zero-order valence-electron chi connectivity index (χ0n) is 16.8. The number of rotatable bonds is 4. The van der Waals surface area contributed by atoms with E-state index in [0.717, 1.165) is 60.6 Å². The molecule has 0 aliphatic carbocycles. The van der Waals surface area contributed by atoms with Gasteiger partial charge in [-0.3, -0.25) is 4.90 Å². The number of anilines is 1. The third kappa shape index (κ3) is 3.91. The SMILES string of the molecule is Fc1ccc(-c2cc(N3CCN(Cc4ccccc4)CC3)nc3ccccc23)cc1. The topological polar surface area (TPSA) is 19.4 Å². The van der Waals surface area contributed by atoms with E-state index in [9.17, 15) is 4.39 Å². The van der Waals surface area contributed by atoms with Crippen LogP contribution in [0.25, 0.3) is 22.0 Å². The van der Waals surface area contributed by atoms with E-state index < -0.39 is 0 Å². The molecule has 150 valence electrons. The molecule has 0 radical (unpaired) electrons. The number of fused-ring (bicyclic) bond motifs is 1. The summed E-state index contributed by atoms with van der Waals surface area (Å²) in [6, 6.07) is 27.7. The molecule has 30 heavy (non-hydrogen) atoms. The first-order chi connectivity index (χ1) is 14.8. The first-order valence-electron chi connectivity index (χ1n) is 10.4. The van der Waals surface area contributed by atoms with Gasteiger partial charge in [0.1, 0.15) is 11.6 Å². The fraction of sp³-hybridized carbons (Fsp3) is 0.192. The lowest BCUT2D eigenvalue weighted by molar-refractivity contribution is 0.249. The van der Waals surface area contributed by atoms with E-state index in [1.165, 1.54) is 17.7 Å². The van der Waals surface area contributed by atoms with Crippen LogP contribution in [0.15, 0.2) is 84.9 Å². The largest absolute Gasteiger partial charge is 0.354 e. The molecule has 1 aliphatic rings. The molecule has 4 aromatic rings. The van der Waals surface area contributed by atoms with Gasteiger partial charge in [0, 0.05) is 38.1 Å². The van der Waals surface area contributed by atoms with Crippen LogP contribution in [0, 0.1) is 5.82 Å². The molecule has 2 heterocycles. The predicted octanol–water partition coefficient (Wildman–Crippen LogP) is 5.36. The summed E-state index contributed by atoms with van der Waals surface area (Å²) in [6.07, 6.45) is 0. The van der Waals surface area contributed by atoms with Gasteiger partial charge in [-0.25, -0.2) is 9.37 Å². The van der Waals surface area contributed by atoms with Crippen LogP contribution in [0.2, 0.25) is 0 Å². The van der Waals surface area contributed by atoms with Gasteiger partial charge in [0.2, 0.25) is 0 Å². The summed E-state index contributed by atoms with van der Waals surface area (Å²) in [5, 5.41) is 1.09. The van der Waals surface area contributed by atoms with Gasteiger partial charge >= 0.3 is 0 Å². The zero-order chi connectivity index (χ0) is 20.3. The van der Waals surface area contributed by atoms with Crippen LogP contribution in [-0.4, -0.2) is 36.1 Å². The highest BCUT2D eigenvalue weighted by Gasteiger charge is 2.19. The van der Waals surface area contributed by atoms with Crippen molar-refractivity contribution in [3.05, 3.63) is 96.3 Å². The predicted molar refractivity (Wildman–Crippen MR) is 121 cm³/mol. The normalized spacial score (nSPS) is 14.9. The first-order valence-corrected chi connectivity index (χ1v) is 10.4. The highest BCUT2D eigenvalue weighted by Crippen LogP contribution is 2.32. The molecule has 0 saturated carbocycles. The number of halogens is 1. The summed E-state index contributed by atoms with van der Waals surface area (Å²) < 4.78 is 13.5. The van der Waals surface area contributed by atoms with Crippen molar-refractivity contribution < 1.29 is 4.39 Å². The molecule has 1 fully saturated rings. The number of benzene rings is 3. The van der Waals surface area contributed by atoms with Crippen LogP contribution in [0.5, 0.6) is 0 Å². The highest BCUT2D eigenvalue weighted by molar-refractivity contribution is 5.96. The fourth-order valence-corrected chi connectivity index (χ4v) is 4.17. The van der Waals surface area contributed by atoms with E-state index >= 15 is 0 Å². The molecule has 3 nitrogen and oxygen atoms in total. The Morgan fingerprint density at radius 1 is 0.767 bits per heavy atom. The second-order valence-electron chi connectivity index (χ2n) is 7.80. The highest BCUT2D eigenvalue weighted by atomic mass is 19.1. The molecule has 0 N–H and O–H groups in total. The van der Waals surface area contributed by atoms with Crippen molar-refractivity contribution >= 4 is 16.7 Å². The summed E-state index contributed by atoms with van der Waals surface area (Å²) in [6.45, 7) is 4.90. The number of hydrogen-bond donors (Lipinski definition) is 0. The van der Waals surface area contributed by atoms with Crippen molar-refractivity contribution in [2.24, 2.45) is 0 Å². The summed E-state index contributed by atoms with van der Waals surface area (Å²) in [7, 11) is 0. The van der Waals surface area contributed by atoms with E-state index in [2.05, 4.69) is 58.3 Å². The van der Waals surface area contributed by atoms with E-state index in [4.69, 9.17) is 4.98 Å². The second kappa shape index (κ2) is 8.25. The van der Waals surface area contributed by atoms with E-state index in [0.29, 0.717) is 0 Å². The van der Waals surface area contributed by atoms with Crippen molar-refractivity contribution in [3.8, 4) is 11.1 Å². The van der Waals surface area contributed by atoms with Gasteiger partial charge in [0.25, 0.3) is 0 Å². The molecule has 0 bridgehead atoms. The Balaban J connectivity index is 1.40. The number of pyridine rings is 1. The number of aromatic nitrogens is 1. The standard InChI is InChI=1S/C26H24FN3/c27-22-12-10-21(11-13-22)24-18-26(28-25-9-5-4-8-23(24)25)30-16-14-29(15-17-30)19-20-6-2-1-3-7-20/h1-13,18H,14-17,19H2. The zero-order valence-corrected chi connectivity index (χ0v) is 16.8. The monoisotopic (exact) mass is 397 g/mol. The van der Waals surface area contributed by atoms with Crippen molar-refractivity contribution in [1.82, 2.24) is 9.88 Å². The molecule has 5 rings (SSSR count). The quantitative estimate of drug-likeness (QED) is 0.462. The number of hydrogen-bond acceptors (Lipinski definition) is 3. The lowest BCUT2D eigenvalue weighted by atomic mass is 10.0. The lowest BCUT2D eigenvalue weighted by Crippen LogP contribution is -2.46. The Labute approximate surface area is 176 Å². The van der Waals surface area contributed by atoms with Gasteiger partial charge in [-0.2, -0.15) is 0 Å². The Bertz CT molecular complexity index is 1130. The second-order valence-corrected chi connectivity index (χ2v) is 7.80. The maximum absolute atomic E-state index is 13.5. The van der Waals surface area contributed by atoms with Gasteiger partial charge in [-0.05, 0) is 41.0 Å². The average molecular weight is 397 g/mol. The minimum absolute atomic E-state index is 0.216. The molecule has 0 amide bonds. The molecule has 0 atom stereocenters. The van der Waals surface area contributed by atoms with Crippen molar-refractivity contribution in [3.63, 3.8) is 0 Å². The molecular weight excluding hydrogens is 373 g/mol. The summed E-state index contributed by atoms with van der Waals surface area (Å²) in [5.41, 5.74) is 4.44. The summed E-state index contributed by atoms with van der Waals surface area (Å²) >= 11 is 0. The van der Waals surface area contributed by atoms with Crippen LogP contribution in [0.1, 0.15) is 5.56 Å². The van der Waals surface area contributed by atoms with Gasteiger partial charge in [-0.15, -0.1) is 0 Å². The van der Waals surface area contributed by atoms with E-state index in [-0.39, 0.29) is 5.82 Å². The summed E-state index contributed by atoms with van der Waals surface area (Å²) in [4.78, 5) is 9.80. The third-order valence-corrected chi connectivity index (χ3v) is 5.80. The Hall–Kier alpha value is -3.24. The third-order valence-electron chi connectivity index (χ3n) is 5.80. The van der Waals surface area contributed by atoms with Crippen molar-refractivity contribution in [2.75, 3.05) is 31.1 Å². The van der Waals surface area contributed by atoms with Crippen LogP contribution >= 0.6 is 0 Å². The van der Waals surface area contributed by atoms with Crippen LogP contribution in [0.4, 0.5) is 10.2 Å².